The lowest BCUT2D eigenvalue weighted by Crippen LogP contribution is -2.45. The Bertz CT molecular complexity index is 262. The largest absolute Gasteiger partial charge is 0.350 e. The second-order valence-corrected chi connectivity index (χ2v) is 6.27. The summed E-state index contributed by atoms with van der Waals surface area (Å²) in [5.74, 6) is 0.216. The van der Waals surface area contributed by atoms with Crippen molar-refractivity contribution < 1.29 is 9.28 Å². The van der Waals surface area contributed by atoms with E-state index >= 15 is 0 Å². The molecule has 3 heteroatoms. The van der Waals surface area contributed by atoms with Gasteiger partial charge in [0.25, 0.3) is 0 Å². The highest BCUT2D eigenvalue weighted by Crippen LogP contribution is 2.08. The molecule has 3 nitrogen and oxygen atoms in total. The van der Waals surface area contributed by atoms with Crippen molar-refractivity contribution in [1.29, 1.82) is 0 Å². The first-order chi connectivity index (χ1) is 9.52. The molecule has 0 bridgehead atoms. The van der Waals surface area contributed by atoms with Crippen LogP contribution in [0.3, 0.4) is 0 Å². The highest BCUT2D eigenvalue weighted by molar-refractivity contribution is 5.75. The number of quaternary nitrogens is 1. The maximum Gasteiger partial charge on any atom is 0.220 e. The number of unbranched alkanes of at least 4 members (excludes halogenated alkanes) is 6. The molecule has 0 heterocycles. The highest BCUT2D eigenvalue weighted by Gasteiger charge is 2.11. The lowest BCUT2D eigenvalue weighted by molar-refractivity contribution is -0.887. The SMILES string of the molecule is C=CCCCCCCCCC(=O)NCC[N+](C)(C)CC. The summed E-state index contributed by atoms with van der Waals surface area (Å²) in [4.78, 5) is 11.7. The zero-order valence-corrected chi connectivity index (χ0v) is 13.9. The van der Waals surface area contributed by atoms with Gasteiger partial charge in [-0.3, -0.25) is 4.79 Å². The molecule has 1 N–H and O–H groups in total. The topological polar surface area (TPSA) is 29.1 Å². The molecule has 1 amide bonds. The lowest BCUT2D eigenvalue weighted by atomic mass is 10.1. The fraction of sp³-hybridized carbons (Fsp3) is 0.824. The number of nitrogens with zero attached hydrogens (tertiary/aromatic N) is 1. The van der Waals surface area contributed by atoms with E-state index in [9.17, 15) is 4.79 Å². The quantitative estimate of drug-likeness (QED) is 0.313. The molecule has 0 aromatic rings. The number of carbonyl (C=O) groups excluding carboxylic acids is 1. The zero-order chi connectivity index (χ0) is 15.3. The molecule has 0 spiro atoms. The molecule has 0 atom stereocenters. The molecule has 0 aromatic heterocycles. The minimum absolute atomic E-state index is 0.216. The summed E-state index contributed by atoms with van der Waals surface area (Å²) in [5.41, 5.74) is 0. The molecule has 0 aliphatic heterocycles. The summed E-state index contributed by atoms with van der Waals surface area (Å²) >= 11 is 0. The Morgan fingerprint density at radius 3 is 2.30 bits per heavy atom. The Labute approximate surface area is 126 Å². The first-order valence-electron chi connectivity index (χ1n) is 8.21. The average molecular weight is 283 g/mol. The summed E-state index contributed by atoms with van der Waals surface area (Å²) < 4.78 is 0.963. The van der Waals surface area contributed by atoms with Gasteiger partial charge in [0, 0.05) is 6.42 Å². The highest BCUT2D eigenvalue weighted by atomic mass is 16.1. The molecular formula is C17H35N2O+. The van der Waals surface area contributed by atoms with Gasteiger partial charge in [0.1, 0.15) is 0 Å². The van der Waals surface area contributed by atoms with Gasteiger partial charge >= 0.3 is 0 Å². The Hall–Kier alpha value is -0.830. The number of likely N-dealkylation sites (N-methyl/N-ethyl adjacent to an activating group) is 1. The van der Waals surface area contributed by atoms with Gasteiger partial charge in [-0.15, -0.1) is 6.58 Å². The van der Waals surface area contributed by atoms with Gasteiger partial charge in [-0.25, -0.2) is 0 Å². The number of carbonyl (C=O) groups is 1. The minimum atomic E-state index is 0.216. The Morgan fingerprint density at radius 1 is 1.10 bits per heavy atom. The third-order valence-electron chi connectivity index (χ3n) is 3.96. The predicted molar refractivity (Wildman–Crippen MR) is 87.7 cm³/mol. The van der Waals surface area contributed by atoms with Crippen LogP contribution in [0.1, 0.15) is 58.3 Å². The molecule has 0 aliphatic carbocycles. The zero-order valence-electron chi connectivity index (χ0n) is 13.9. The van der Waals surface area contributed by atoms with Gasteiger partial charge in [0.15, 0.2) is 0 Å². The van der Waals surface area contributed by atoms with E-state index in [-0.39, 0.29) is 5.91 Å². The van der Waals surface area contributed by atoms with Crippen LogP contribution in [-0.4, -0.2) is 44.1 Å². The molecular weight excluding hydrogens is 248 g/mol. The van der Waals surface area contributed by atoms with Crippen molar-refractivity contribution >= 4 is 5.91 Å². The Balaban J connectivity index is 3.35. The molecule has 0 fully saturated rings. The van der Waals surface area contributed by atoms with E-state index < -0.39 is 0 Å². The van der Waals surface area contributed by atoms with Crippen LogP contribution in [-0.2, 0) is 4.79 Å². The van der Waals surface area contributed by atoms with Crippen LogP contribution in [0.4, 0.5) is 0 Å². The van der Waals surface area contributed by atoms with E-state index in [2.05, 4.69) is 32.9 Å². The second kappa shape index (κ2) is 12.0. The van der Waals surface area contributed by atoms with E-state index in [1.807, 2.05) is 6.08 Å². The van der Waals surface area contributed by atoms with E-state index in [1.165, 1.54) is 32.1 Å². The predicted octanol–water partition coefficient (Wildman–Crippen LogP) is 3.51. The monoisotopic (exact) mass is 283 g/mol. The number of amides is 1. The van der Waals surface area contributed by atoms with Crippen molar-refractivity contribution in [2.75, 3.05) is 33.7 Å². The maximum absolute atomic E-state index is 11.7. The number of nitrogens with one attached hydrogen (secondary N) is 1. The standard InChI is InChI=1S/C17H34N2O/c1-5-7-8-9-10-11-12-13-14-17(20)18-15-16-19(3,4)6-2/h5H,1,6-16H2,2-4H3/p+1. The van der Waals surface area contributed by atoms with Crippen LogP contribution < -0.4 is 5.32 Å². The van der Waals surface area contributed by atoms with Crippen LogP contribution >= 0.6 is 0 Å². The van der Waals surface area contributed by atoms with Gasteiger partial charge in [0.2, 0.25) is 5.91 Å². The molecule has 0 rings (SSSR count). The lowest BCUT2D eigenvalue weighted by Gasteiger charge is -2.28. The average Bonchev–Trinajstić information content (AvgIpc) is 2.41. The number of rotatable bonds is 13. The van der Waals surface area contributed by atoms with E-state index in [1.54, 1.807) is 0 Å². The fourth-order valence-electron chi connectivity index (χ4n) is 2.03. The molecule has 118 valence electrons. The van der Waals surface area contributed by atoms with Crippen LogP contribution in [0.15, 0.2) is 12.7 Å². The molecule has 0 radical (unpaired) electrons. The molecule has 0 saturated carbocycles. The molecule has 0 unspecified atom stereocenters. The van der Waals surface area contributed by atoms with Crippen molar-refractivity contribution in [3.8, 4) is 0 Å². The maximum atomic E-state index is 11.7. The van der Waals surface area contributed by atoms with Crippen molar-refractivity contribution in [3.63, 3.8) is 0 Å². The van der Waals surface area contributed by atoms with Crippen LogP contribution in [0, 0.1) is 0 Å². The first-order valence-corrected chi connectivity index (χ1v) is 8.21. The van der Waals surface area contributed by atoms with Crippen LogP contribution in [0.5, 0.6) is 0 Å². The van der Waals surface area contributed by atoms with Gasteiger partial charge in [-0.05, 0) is 26.2 Å². The van der Waals surface area contributed by atoms with Gasteiger partial charge < -0.3 is 9.80 Å². The molecule has 20 heavy (non-hydrogen) atoms. The van der Waals surface area contributed by atoms with Crippen molar-refractivity contribution in [1.82, 2.24) is 5.32 Å². The first kappa shape index (κ1) is 19.2. The summed E-state index contributed by atoms with van der Waals surface area (Å²) in [7, 11) is 4.39. The fourth-order valence-corrected chi connectivity index (χ4v) is 2.03. The van der Waals surface area contributed by atoms with Crippen molar-refractivity contribution in [2.24, 2.45) is 0 Å². The Kier molecular flexibility index (Phi) is 11.5. The van der Waals surface area contributed by atoms with Crippen LogP contribution in [0.2, 0.25) is 0 Å². The smallest absolute Gasteiger partial charge is 0.220 e. The summed E-state index contributed by atoms with van der Waals surface area (Å²) in [6, 6.07) is 0. The van der Waals surface area contributed by atoms with E-state index in [4.69, 9.17) is 0 Å². The van der Waals surface area contributed by atoms with Crippen molar-refractivity contribution in [3.05, 3.63) is 12.7 Å². The molecule has 0 saturated heterocycles. The van der Waals surface area contributed by atoms with E-state index in [0.717, 1.165) is 37.0 Å². The molecule has 0 aliphatic rings. The molecule has 0 aromatic carbocycles. The van der Waals surface area contributed by atoms with Gasteiger partial charge in [0.05, 0.1) is 33.7 Å². The number of hydrogen-bond acceptors (Lipinski definition) is 1. The summed E-state index contributed by atoms with van der Waals surface area (Å²) in [6.45, 7) is 8.80. The third kappa shape index (κ3) is 12.2. The van der Waals surface area contributed by atoms with Crippen molar-refractivity contribution in [2.45, 2.75) is 58.3 Å². The van der Waals surface area contributed by atoms with Gasteiger partial charge in [-0.2, -0.15) is 0 Å². The number of allylic oxidation sites excluding steroid dienone is 1. The van der Waals surface area contributed by atoms with E-state index in [0.29, 0.717) is 6.42 Å². The normalized spacial score (nSPS) is 11.3. The second-order valence-electron chi connectivity index (χ2n) is 6.27. The Morgan fingerprint density at radius 2 is 1.70 bits per heavy atom. The minimum Gasteiger partial charge on any atom is -0.350 e. The third-order valence-corrected chi connectivity index (χ3v) is 3.96. The summed E-state index contributed by atoms with van der Waals surface area (Å²) in [5, 5.41) is 3.03. The summed E-state index contributed by atoms with van der Waals surface area (Å²) in [6.07, 6.45) is 11.1. The number of hydrogen-bond donors (Lipinski definition) is 1. The van der Waals surface area contributed by atoms with Crippen LogP contribution in [0.25, 0.3) is 0 Å². The van der Waals surface area contributed by atoms with Gasteiger partial charge in [-0.1, -0.05) is 31.8 Å².